The smallest absolute Gasteiger partial charge is 0.263 e. The van der Waals surface area contributed by atoms with E-state index < -0.39 is 10.0 Å². The molecule has 0 saturated carbocycles. The first-order valence-corrected chi connectivity index (χ1v) is 7.10. The van der Waals surface area contributed by atoms with E-state index in [9.17, 15) is 8.42 Å². The predicted molar refractivity (Wildman–Crippen MR) is 72.7 cm³/mol. The second kappa shape index (κ2) is 4.88. The van der Waals surface area contributed by atoms with Crippen molar-refractivity contribution in [2.75, 3.05) is 17.1 Å². The molecule has 8 heteroatoms. The molecule has 2 rings (SSSR count). The molecule has 0 unspecified atom stereocenters. The van der Waals surface area contributed by atoms with Gasteiger partial charge in [-0.15, -0.1) is 0 Å². The van der Waals surface area contributed by atoms with Gasteiger partial charge in [0.15, 0.2) is 0 Å². The molecule has 2 heterocycles. The fraction of sp³-hybridized carbons (Fsp3) is 0.273. The molecule has 0 aliphatic carbocycles. The Morgan fingerprint density at radius 2 is 2.00 bits per heavy atom. The molecule has 19 heavy (non-hydrogen) atoms. The largest absolute Gasteiger partial charge is 0.373 e. The number of aryl methyl sites for hydroxylation is 2. The Balaban J connectivity index is 2.32. The van der Waals surface area contributed by atoms with Crippen LogP contribution in [0, 0.1) is 13.8 Å². The molecule has 0 aromatic carbocycles. The third-order valence-electron chi connectivity index (χ3n) is 2.67. The molecule has 7 nitrogen and oxygen atoms in total. The molecule has 0 aliphatic rings. The first-order chi connectivity index (χ1) is 8.94. The van der Waals surface area contributed by atoms with E-state index in [1.165, 1.54) is 12.3 Å². The van der Waals surface area contributed by atoms with Crippen molar-refractivity contribution in [1.29, 1.82) is 0 Å². The highest BCUT2D eigenvalue weighted by Gasteiger charge is 2.18. The van der Waals surface area contributed by atoms with Gasteiger partial charge in [-0.1, -0.05) is 0 Å². The minimum Gasteiger partial charge on any atom is -0.373 e. The second-order valence-electron chi connectivity index (χ2n) is 4.04. The Bertz CT molecular complexity index is 656. The first kappa shape index (κ1) is 13.3. The summed E-state index contributed by atoms with van der Waals surface area (Å²) in [7, 11) is -1.94. The Hall–Kier alpha value is -2.09. The number of rotatable bonds is 4. The molecular weight excluding hydrogens is 266 g/mol. The van der Waals surface area contributed by atoms with Crippen molar-refractivity contribution in [3.8, 4) is 0 Å². The summed E-state index contributed by atoms with van der Waals surface area (Å²) in [4.78, 5) is 4.09. The fourth-order valence-electron chi connectivity index (χ4n) is 1.58. The standard InChI is InChI=1S/C11H15N5O2S/c1-7-11(8(2)15-14-7)16-19(17,18)9-4-5-10(12-3)13-6-9/h4-6,16H,1-3H3,(H,12,13)(H,14,15). The van der Waals surface area contributed by atoms with Gasteiger partial charge in [-0.05, 0) is 26.0 Å². The minimum absolute atomic E-state index is 0.103. The SMILES string of the molecule is CNc1ccc(S(=O)(=O)Nc2c(C)n[nH]c2C)cn1. The van der Waals surface area contributed by atoms with Gasteiger partial charge in [-0.25, -0.2) is 13.4 Å². The average molecular weight is 281 g/mol. The molecule has 0 fully saturated rings. The van der Waals surface area contributed by atoms with Crippen LogP contribution in [0.15, 0.2) is 23.2 Å². The molecule has 0 spiro atoms. The number of hydrogen-bond donors (Lipinski definition) is 3. The Morgan fingerprint density at radius 3 is 2.47 bits per heavy atom. The summed E-state index contributed by atoms with van der Waals surface area (Å²) in [6, 6.07) is 3.09. The zero-order valence-electron chi connectivity index (χ0n) is 10.9. The van der Waals surface area contributed by atoms with E-state index in [2.05, 4.69) is 25.2 Å². The highest BCUT2D eigenvalue weighted by atomic mass is 32.2. The van der Waals surface area contributed by atoms with Crippen LogP contribution >= 0.6 is 0 Å². The van der Waals surface area contributed by atoms with Crippen molar-refractivity contribution in [1.82, 2.24) is 15.2 Å². The summed E-state index contributed by atoms with van der Waals surface area (Å²) < 4.78 is 26.9. The third-order valence-corrected chi connectivity index (χ3v) is 4.00. The van der Waals surface area contributed by atoms with Gasteiger partial charge in [0.05, 0.1) is 17.1 Å². The van der Waals surface area contributed by atoms with Crippen molar-refractivity contribution >= 4 is 21.5 Å². The molecular formula is C11H15N5O2S. The molecule has 0 amide bonds. The van der Waals surface area contributed by atoms with Gasteiger partial charge < -0.3 is 5.32 Å². The van der Waals surface area contributed by atoms with Crippen LogP contribution in [-0.4, -0.2) is 30.6 Å². The molecule has 0 bridgehead atoms. The molecule has 102 valence electrons. The molecule has 0 aliphatic heterocycles. The Labute approximate surface area is 111 Å². The summed E-state index contributed by atoms with van der Waals surface area (Å²) in [5.74, 6) is 0.606. The summed E-state index contributed by atoms with van der Waals surface area (Å²) in [6.07, 6.45) is 1.30. The van der Waals surface area contributed by atoms with Gasteiger partial charge in [0.1, 0.15) is 10.7 Å². The maximum absolute atomic E-state index is 12.2. The van der Waals surface area contributed by atoms with Crippen LogP contribution in [0.4, 0.5) is 11.5 Å². The fourth-order valence-corrected chi connectivity index (χ4v) is 2.71. The number of hydrogen-bond acceptors (Lipinski definition) is 5. The number of nitrogens with one attached hydrogen (secondary N) is 3. The number of H-pyrrole nitrogens is 1. The van der Waals surface area contributed by atoms with Crippen LogP contribution in [0.25, 0.3) is 0 Å². The summed E-state index contributed by atoms with van der Waals surface area (Å²) in [5, 5.41) is 9.50. The normalized spacial score (nSPS) is 11.3. The van der Waals surface area contributed by atoms with Crippen LogP contribution < -0.4 is 10.0 Å². The number of pyridine rings is 1. The predicted octanol–water partition coefficient (Wildman–Crippen LogP) is 1.26. The number of anilines is 2. The van der Waals surface area contributed by atoms with E-state index in [1.807, 2.05) is 0 Å². The Kier molecular flexibility index (Phi) is 3.43. The van der Waals surface area contributed by atoms with Crippen LogP contribution in [0.3, 0.4) is 0 Å². The highest BCUT2D eigenvalue weighted by Crippen LogP contribution is 2.21. The molecule has 0 atom stereocenters. The average Bonchev–Trinajstić information content (AvgIpc) is 2.70. The Morgan fingerprint density at radius 1 is 1.26 bits per heavy atom. The van der Waals surface area contributed by atoms with E-state index in [0.717, 1.165) is 0 Å². The highest BCUT2D eigenvalue weighted by molar-refractivity contribution is 7.92. The maximum Gasteiger partial charge on any atom is 0.263 e. The number of nitrogens with zero attached hydrogens (tertiary/aromatic N) is 2. The van der Waals surface area contributed by atoms with Gasteiger partial charge in [0, 0.05) is 13.2 Å². The van der Waals surface area contributed by atoms with E-state index in [-0.39, 0.29) is 4.90 Å². The van der Waals surface area contributed by atoms with Crippen LogP contribution in [-0.2, 0) is 10.0 Å². The number of aromatic nitrogens is 3. The lowest BCUT2D eigenvalue weighted by Crippen LogP contribution is -2.14. The minimum atomic E-state index is -3.65. The molecule has 0 radical (unpaired) electrons. The second-order valence-corrected chi connectivity index (χ2v) is 5.73. The van der Waals surface area contributed by atoms with Crippen molar-refractivity contribution < 1.29 is 8.42 Å². The first-order valence-electron chi connectivity index (χ1n) is 5.62. The van der Waals surface area contributed by atoms with Gasteiger partial charge in [-0.2, -0.15) is 5.10 Å². The van der Waals surface area contributed by atoms with Gasteiger partial charge in [-0.3, -0.25) is 9.82 Å². The topological polar surface area (TPSA) is 99.8 Å². The lowest BCUT2D eigenvalue weighted by Gasteiger charge is -2.08. The van der Waals surface area contributed by atoms with Gasteiger partial charge in [0.2, 0.25) is 0 Å². The quantitative estimate of drug-likeness (QED) is 0.783. The summed E-state index contributed by atoms with van der Waals surface area (Å²) in [6.45, 7) is 3.48. The lowest BCUT2D eigenvalue weighted by molar-refractivity contribution is 0.600. The van der Waals surface area contributed by atoms with Crippen LogP contribution in [0.5, 0.6) is 0 Å². The summed E-state index contributed by atoms with van der Waals surface area (Å²) in [5.41, 5.74) is 1.74. The molecule has 2 aromatic heterocycles. The van der Waals surface area contributed by atoms with Gasteiger partial charge >= 0.3 is 0 Å². The number of aromatic amines is 1. The van der Waals surface area contributed by atoms with E-state index in [4.69, 9.17) is 0 Å². The number of sulfonamides is 1. The van der Waals surface area contributed by atoms with Crippen molar-refractivity contribution in [3.63, 3.8) is 0 Å². The molecule has 2 aromatic rings. The van der Waals surface area contributed by atoms with Crippen LogP contribution in [0.2, 0.25) is 0 Å². The van der Waals surface area contributed by atoms with Gasteiger partial charge in [0.25, 0.3) is 10.0 Å². The lowest BCUT2D eigenvalue weighted by atomic mass is 10.3. The zero-order chi connectivity index (χ0) is 14.0. The molecule has 3 N–H and O–H groups in total. The summed E-state index contributed by atoms with van der Waals surface area (Å²) >= 11 is 0. The van der Waals surface area contributed by atoms with E-state index in [1.54, 1.807) is 27.0 Å². The van der Waals surface area contributed by atoms with E-state index >= 15 is 0 Å². The van der Waals surface area contributed by atoms with E-state index in [0.29, 0.717) is 22.9 Å². The zero-order valence-corrected chi connectivity index (χ0v) is 11.7. The van der Waals surface area contributed by atoms with Crippen LogP contribution in [0.1, 0.15) is 11.4 Å². The monoisotopic (exact) mass is 281 g/mol. The van der Waals surface area contributed by atoms with Crippen molar-refractivity contribution in [2.24, 2.45) is 0 Å². The van der Waals surface area contributed by atoms with Crippen molar-refractivity contribution in [3.05, 3.63) is 29.7 Å². The molecule has 0 saturated heterocycles. The maximum atomic E-state index is 12.2. The third kappa shape index (κ3) is 2.68. The van der Waals surface area contributed by atoms with Crippen molar-refractivity contribution in [2.45, 2.75) is 18.7 Å².